The van der Waals surface area contributed by atoms with E-state index < -0.39 is 0 Å². The number of halogens is 1. The number of carbonyl (C=O) groups is 2. The minimum atomic E-state index is -0.315. The number of anilines is 1. The Balaban J connectivity index is 1.35. The standard InChI is InChI=1S/C21H31FN4O2/c1-16-4-2-3-5-19(16)24-21(28)15-26-12-10-25(11-13-26)14-20(27)23-18-8-6-17(22)7-9-18/h6-9,16,19H,2-5,10-15H2,1H3,(H,23,27)(H,24,28)/p+2/t16-,19-/m0/s1. The van der Waals surface area contributed by atoms with E-state index in [0.717, 1.165) is 32.6 Å². The van der Waals surface area contributed by atoms with E-state index in [0.29, 0.717) is 30.7 Å². The summed E-state index contributed by atoms with van der Waals surface area (Å²) in [5.74, 6) is 0.360. The topological polar surface area (TPSA) is 67.1 Å². The molecule has 0 unspecified atom stereocenters. The molecular formula is C21H33FN4O2+2. The summed E-state index contributed by atoms with van der Waals surface area (Å²) in [7, 11) is 0. The Morgan fingerprint density at radius 3 is 2.14 bits per heavy atom. The average Bonchev–Trinajstić information content (AvgIpc) is 2.67. The van der Waals surface area contributed by atoms with Gasteiger partial charge in [-0.2, -0.15) is 0 Å². The van der Waals surface area contributed by atoms with Crippen LogP contribution in [0.5, 0.6) is 0 Å². The van der Waals surface area contributed by atoms with Gasteiger partial charge in [-0.05, 0) is 43.0 Å². The molecule has 2 atom stereocenters. The fourth-order valence-electron chi connectivity index (χ4n) is 4.29. The van der Waals surface area contributed by atoms with Crippen LogP contribution in [0, 0.1) is 11.7 Å². The summed E-state index contributed by atoms with van der Waals surface area (Å²) >= 11 is 0. The maximum Gasteiger partial charge on any atom is 0.279 e. The number of rotatable bonds is 6. The first kappa shape index (κ1) is 20.7. The van der Waals surface area contributed by atoms with E-state index in [1.54, 1.807) is 12.1 Å². The van der Waals surface area contributed by atoms with Crippen LogP contribution in [0.2, 0.25) is 0 Å². The lowest BCUT2D eigenvalue weighted by atomic mass is 9.86. The van der Waals surface area contributed by atoms with Crippen LogP contribution in [-0.2, 0) is 9.59 Å². The first-order valence-electron chi connectivity index (χ1n) is 10.5. The number of piperazine rings is 1. The lowest BCUT2D eigenvalue weighted by molar-refractivity contribution is -1.00. The van der Waals surface area contributed by atoms with Gasteiger partial charge in [-0.3, -0.25) is 9.59 Å². The maximum atomic E-state index is 12.9. The van der Waals surface area contributed by atoms with Crippen molar-refractivity contribution in [3.8, 4) is 0 Å². The van der Waals surface area contributed by atoms with Crippen LogP contribution in [0.4, 0.5) is 10.1 Å². The van der Waals surface area contributed by atoms with Gasteiger partial charge < -0.3 is 20.4 Å². The second kappa shape index (κ2) is 9.98. The van der Waals surface area contributed by atoms with Gasteiger partial charge in [-0.25, -0.2) is 4.39 Å². The summed E-state index contributed by atoms with van der Waals surface area (Å²) in [6.45, 7) is 6.70. The van der Waals surface area contributed by atoms with Crippen molar-refractivity contribution in [2.45, 2.75) is 38.6 Å². The third-order valence-corrected chi connectivity index (χ3v) is 6.07. The molecule has 1 aliphatic heterocycles. The normalized spacial score (nSPS) is 27.8. The molecule has 154 valence electrons. The lowest BCUT2D eigenvalue weighted by Gasteiger charge is -2.31. The van der Waals surface area contributed by atoms with Crippen molar-refractivity contribution in [1.29, 1.82) is 0 Å². The van der Waals surface area contributed by atoms with Crippen molar-refractivity contribution in [3.63, 3.8) is 0 Å². The number of amides is 2. The van der Waals surface area contributed by atoms with Gasteiger partial charge in [0.2, 0.25) is 0 Å². The average molecular weight is 393 g/mol. The summed E-state index contributed by atoms with van der Waals surface area (Å²) in [5.41, 5.74) is 0.615. The molecule has 1 heterocycles. The van der Waals surface area contributed by atoms with Crippen LogP contribution in [0.15, 0.2) is 24.3 Å². The highest BCUT2D eigenvalue weighted by Crippen LogP contribution is 2.23. The molecule has 0 spiro atoms. The molecule has 0 aromatic heterocycles. The first-order chi connectivity index (χ1) is 13.5. The largest absolute Gasteiger partial charge is 0.348 e. The highest BCUT2D eigenvalue weighted by molar-refractivity contribution is 5.91. The fraction of sp³-hybridized carbons (Fsp3) is 0.619. The van der Waals surface area contributed by atoms with Gasteiger partial charge in [-0.1, -0.05) is 19.8 Å². The van der Waals surface area contributed by atoms with E-state index in [1.165, 1.54) is 41.2 Å². The van der Waals surface area contributed by atoms with E-state index in [9.17, 15) is 14.0 Å². The molecule has 1 saturated heterocycles. The number of hydrogen-bond donors (Lipinski definition) is 4. The number of nitrogens with one attached hydrogen (secondary N) is 4. The first-order valence-corrected chi connectivity index (χ1v) is 10.5. The molecule has 1 saturated carbocycles. The summed E-state index contributed by atoms with van der Waals surface area (Å²) in [6.07, 6.45) is 4.80. The van der Waals surface area contributed by atoms with Gasteiger partial charge in [-0.15, -0.1) is 0 Å². The molecule has 4 N–H and O–H groups in total. The van der Waals surface area contributed by atoms with E-state index in [1.807, 2.05) is 0 Å². The summed E-state index contributed by atoms with van der Waals surface area (Å²) in [6, 6.07) is 6.14. The van der Waals surface area contributed by atoms with Gasteiger partial charge in [0.15, 0.2) is 13.1 Å². The lowest BCUT2D eigenvalue weighted by Crippen LogP contribution is -3.28. The van der Waals surface area contributed by atoms with Crippen molar-refractivity contribution in [2.24, 2.45) is 5.92 Å². The van der Waals surface area contributed by atoms with Crippen molar-refractivity contribution in [3.05, 3.63) is 30.1 Å². The molecule has 2 amide bonds. The predicted molar refractivity (Wildman–Crippen MR) is 106 cm³/mol. The summed E-state index contributed by atoms with van der Waals surface area (Å²) < 4.78 is 12.9. The molecular weight excluding hydrogens is 359 g/mol. The number of carbonyl (C=O) groups excluding carboxylic acids is 2. The number of hydrogen-bond acceptors (Lipinski definition) is 2. The zero-order chi connectivity index (χ0) is 19.9. The molecule has 0 bridgehead atoms. The Hall–Kier alpha value is -1.99. The van der Waals surface area contributed by atoms with Gasteiger partial charge in [0.05, 0.1) is 0 Å². The van der Waals surface area contributed by atoms with Crippen LogP contribution in [-0.4, -0.2) is 57.1 Å². The number of quaternary nitrogens is 2. The van der Waals surface area contributed by atoms with Crippen LogP contribution < -0.4 is 20.4 Å². The van der Waals surface area contributed by atoms with Crippen molar-refractivity contribution in [1.82, 2.24) is 5.32 Å². The Bertz CT molecular complexity index is 659. The third-order valence-electron chi connectivity index (χ3n) is 6.07. The van der Waals surface area contributed by atoms with Crippen LogP contribution >= 0.6 is 0 Å². The molecule has 1 aromatic carbocycles. The van der Waals surface area contributed by atoms with Crippen LogP contribution in [0.3, 0.4) is 0 Å². The Kier molecular flexibility index (Phi) is 7.39. The molecule has 1 aliphatic carbocycles. The highest BCUT2D eigenvalue weighted by Gasteiger charge is 2.28. The van der Waals surface area contributed by atoms with Gasteiger partial charge in [0, 0.05) is 11.7 Å². The molecule has 2 fully saturated rings. The van der Waals surface area contributed by atoms with E-state index in [4.69, 9.17) is 0 Å². The molecule has 2 aliphatic rings. The monoisotopic (exact) mass is 392 g/mol. The second-order valence-electron chi connectivity index (χ2n) is 8.34. The van der Waals surface area contributed by atoms with Gasteiger partial charge in [0.25, 0.3) is 11.8 Å². The SMILES string of the molecule is C[C@H]1CCCC[C@@H]1NC(=O)C[NH+]1CC[NH+](CC(=O)Nc2ccc(F)cc2)CC1. The third kappa shape index (κ3) is 6.27. The number of benzene rings is 1. The Morgan fingerprint density at radius 1 is 0.964 bits per heavy atom. The van der Waals surface area contributed by atoms with E-state index in [-0.39, 0.29) is 17.6 Å². The smallest absolute Gasteiger partial charge is 0.279 e. The molecule has 7 heteroatoms. The second-order valence-corrected chi connectivity index (χ2v) is 8.34. The molecule has 1 aromatic rings. The Morgan fingerprint density at radius 2 is 1.54 bits per heavy atom. The van der Waals surface area contributed by atoms with Gasteiger partial charge >= 0.3 is 0 Å². The fourth-order valence-corrected chi connectivity index (χ4v) is 4.29. The summed E-state index contributed by atoms with van der Waals surface area (Å²) in [4.78, 5) is 27.1. The molecule has 6 nitrogen and oxygen atoms in total. The van der Waals surface area contributed by atoms with Crippen molar-refractivity contribution >= 4 is 17.5 Å². The van der Waals surface area contributed by atoms with Gasteiger partial charge in [0.1, 0.15) is 32.0 Å². The Labute approximate surface area is 166 Å². The molecule has 3 rings (SSSR count). The summed E-state index contributed by atoms with van der Waals surface area (Å²) in [5, 5.41) is 6.05. The van der Waals surface area contributed by atoms with E-state index >= 15 is 0 Å². The zero-order valence-corrected chi connectivity index (χ0v) is 16.7. The van der Waals surface area contributed by atoms with E-state index in [2.05, 4.69) is 17.6 Å². The van der Waals surface area contributed by atoms with Crippen molar-refractivity contribution in [2.75, 3.05) is 44.6 Å². The minimum absolute atomic E-state index is 0.0610. The van der Waals surface area contributed by atoms with Crippen molar-refractivity contribution < 1.29 is 23.8 Å². The highest BCUT2D eigenvalue weighted by atomic mass is 19.1. The maximum absolute atomic E-state index is 12.9. The quantitative estimate of drug-likeness (QED) is 0.514. The predicted octanol–water partition coefficient (Wildman–Crippen LogP) is -0.757. The van der Waals surface area contributed by atoms with Crippen LogP contribution in [0.25, 0.3) is 0 Å². The molecule has 0 radical (unpaired) electrons. The molecule has 28 heavy (non-hydrogen) atoms. The van der Waals surface area contributed by atoms with Crippen LogP contribution in [0.1, 0.15) is 32.6 Å². The minimum Gasteiger partial charge on any atom is -0.348 e. The zero-order valence-electron chi connectivity index (χ0n) is 16.7.